The molecule has 3 heteroatoms. The number of rotatable bonds is 3. The molecule has 0 amide bonds. The van der Waals surface area contributed by atoms with Crippen LogP contribution >= 0.6 is 0 Å². The molecule has 0 aliphatic carbocycles. The van der Waals surface area contributed by atoms with Crippen LogP contribution in [0.5, 0.6) is 0 Å². The smallest absolute Gasteiger partial charge is 0.0494 e. The summed E-state index contributed by atoms with van der Waals surface area (Å²) in [6, 6.07) is 4.38. The first kappa shape index (κ1) is 12.5. The number of aromatic nitrogens is 1. The van der Waals surface area contributed by atoms with Crippen LogP contribution in [0.15, 0.2) is 18.3 Å². The van der Waals surface area contributed by atoms with Gasteiger partial charge in [0, 0.05) is 37.6 Å². The number of aryl methyl sites for hydroxylation is 1. The summed E-state index contributed by atoms with van der Waals surface area (Å²) >= 11 is 0. The van der Waals surface area contributed by atoms with Crippen LogP contribution in [-0.4, -0.2) is 24.2 Å². The molecule has 1 fully saturated rings. The Kier molecular flexibility index (Phi) is 4.13. The quantitative estimate of drug-likeness (QED) is 0.869. The number of hydrogen-bond donors (Lipinski definition) is 1. The first-order chi connectivity index (χ1) is 8.16. The lowest BCUT2D eigenvalue weighted by molar-refractivity contribution is 0.0156. The van der Waals surface area contributed by atoms with Crippen molar-refractivity contribution >= 4 is 0 Å². The third kappa shape index (κ3) is 3.27. The lowest BCUT2D eigenvalue weighted by Crippen LogP contribution is -2.41. The van der Waals surface area contributed by atoms with E-state index in [1.165, 1.54) is 5.56 Å². The second kappa shape index (κ2) is 5.61. The summed E-state index contributed by atoms with van der Waals surface area (Å²) in [6.07, 6.45) is 3.86. The zero-order valence-corrected chi connectivity index (χ0v) is 10.7. The van der Waals surface area contributed by atoms with E-state index in [4.69, 9.17) is 10.5 Å². The van der Waals surface area contributed by atoms with Gasteiger partial charge in [0.1, 0.15) is 0 Å². The molecule has 17 heavy (non-hydrogen) atoms. The normalized spacial score (nSPS) is 26.8. The summed E-state index contributed by atoms with van der Waals surface area (Å²) in [5.74, 6) is 1.12. The second-order valence-corrected chi connectivity index (χ2v) is 5.20. The first-order valence-electron chi connectivity index (χ1n) is 6.41. The van der Waals surface area contributed by atoms with Gasteiger partial charge in [-0.25, -0.2) is 0 Å². The highest BCUT2D eigenvalue weighted by molar-refractivity contribution is 5.13. The number of ether oxygens (including phenoxy) is 1. The van der Waals surface area contributed by atoms with Crippen molar-refractivity contribution in [3.8, 4) is 0 Å². The van der Waals surface area contributed by atoms with Crippen LogP contribution in [0.25, 0.3) is 0 Å². The summed E-state index contributed by atoms with van der Waals surface area (Å²) in [5.41, 5.74) is 8.61. The van der Waals surface area contributed by atoms with E-state index in [0.29, 0.717) is 11.8 Å². The predicted octanol–water partition coefficient (Wildman–Crippen LogP) is 1.93. The minimum atomic E-state index is 0.198. The average molecular weight is 234 g/mol. The minimum Gasteiger partial charge on any atom is -0.381 e. The summed E-state index contributed by atoms with van der Waals surface area (Å²) in [4.78, 5) is 4.43. The van der Waals surface area contributed by atoms with E-state index in [1.807, 2.05) is 6.20 Å². The van der Waals surface area contributed by atoms with E-state index in [-0.39, 0.29) is 6.04 Å². The fourth-order valence-corrected chi connectivity index (χ4v) is 2.54. The van der Waals surface area contributed by atoms with Crippen LogP contribution in [-0.2, 0) is 11.2 Å². The molecule has 1 aromatic rings. The molecule has 3 nitrogen and oxygen atoms in total. The Balaban J connectivity index is 1.95. The van der Waals surface area contributed by atoms with Crippen molar-refractivity contribution in [1.82, 2.24) is 4.98 Å². The Morgan fingerprint density at radius 3 is 3.00 bits per heavy atom. The molecule has 2 heterocycles. The molecule has 0 saturated carbocycles. The number of hydrogen-bond acceptors (Lipinski definition) is 3. The lowest BCUT2D eigenvalue weighted by atomic mass is 9.82. The first-order valence-corrected chi connectivity index (χ1v) is 6.41. The molecular formula is C14H22N2O. The number of nitrogens with two attached hydrogens (primary N) is 1. The molecule has 94 valence electrons. The molecule has 2 rings (SSSR count). The molecular weight excluding hydrogens is 212 g/mol. The molecule has 2 N–H and O–H groups in total. The lowest BCUT2D eigenvalue weighted by Gasteiger charge is -2.33. The van der Waals surface area contributed by atoms with Gasteiger partial charge in [0.15, 0.2) is 0 Å². The van der Waals surface area contributed by atoms with Crippen LogP contribution in [0.1, 0.15) is 24.6 Å². The highest BCUT2D eigenvalue weighted by Gasteiger charge is 2.27. The standard InChI is InChI=1S/C14H22N2O/c1-10-3-4-12(16-8-10)7-14(15)13-5-6-17-9-11(13)2/h3-4,8,11,13-14H,5-7,9,15H2,1-2H3. The van der Waals surface area contributed by atoms with Crippen LogP contribution < -0.4 is 5.73 Å². The fourth-order valence-electron chi connectivity index (χ4n) is 2.54. The zero-order valence-electron chi connectivity index (χ0n) is 10.7. The van der Waals surface area contributed by atoms with Gasteiger partial charge < -0.3 is 10.5 Å². The van der Waals surface area contributed by atoms with Gasteiger partial charge in [-0.3, -0.25) is 4.98 Å². The topological polar surface area (TPSA) is 48.1 Å². The van der Waals surface area contributed by atoms with Gasteiger partial charge in [-0.2, -0.15) is 0 Å². The van der Waals surface area contributed by atoms with Gasteiger partial charge >= 0.3 is 0 Å². The zero-order chi connectivity index (χ0) is 12.3. The van der Waals surface area contributed by atoms with Gasteiger partial charge in [0.2, 0.25) is 0 Å². The Morgan fingerprint density at radius 1 is 1.53 bits per heavy atom. The molecule has 1 aliphatic heterocycles. The van der Waals surface area contributed by atoms with Crippen molar-refractivity contribution in [2.45, 2.75) is 32.7 Å². The van der Waals surface area contributed by atoms with Crippen molar-refractivity contribution in [3.05, 3.63) is 29.6 Å². The van der Waals surface area contributed by atoms with E-state index in [9.17, 15) is 0 Å². The molecule has 1 saturated heterocycles. The Hall–Kier alpha value is -0.930. The third-order valence-electron chi connectivity index (χ3n) is 3.67. The van der Waals surface area contributed by atoms with Gasteiger partial charge in [-0.05, 0) is 36.8 Å². The van der Waals surface area contributed by atoms with Crippen molar-refractivity contribution in [1.29, 1.82) is 0 Å². The summed E-state index contributed by atoms with van der Waals surface area (Å²) < 4.78 is 5.46. The SMILES string of the molecule is Cc1ccc(CC(N)C2CCOCC2C)nc1. The van der Waals surface area contributed by atoms with Crippen LogP contribution in [0, 0.1) is 18.8 Å². The maximum Gasteiger partial charge on any atom is 0.0494 e. The van der Waals surface area contributed by atoms with Crippen LogP contribution in [0.4, 0.5) is 0 Å². The van der Waals surface area contributed by atoms with Crippen molar-refractivity contribution in [2.24, 2.45) is 17.6 Å². The molecule has 1 aliphatic rings. The van der Waals surface area contributed by atoms with E-state index in [1.54, 1.807) is 0 Å². The number of nitrogens with zero attached hydrogens (tertiary/aromatic N) is 1. The summed E-state index contributed by atoms with van der Waals surface area (Å²) in [6.45, 7) is 5.98. The van der Waals surface area contributed by atoms with Gasteiger partial charge in [-0.1, -0.05) is 13.0 Å². The Bertz CT molecular complexity index is 350. The highest BCUT2D eigenvalue weighted by Crippen LogP contribution is 2.25. The maximum absolute atomic E-state index is 6.31. The molecule has 0 aromatic carbocycles. The predicted molar refractivity (Wildman–Crippen MR) is 68.7 cm³/mol. The molecule has 0 spiro atoms. The van der Waals surface area contributed by atoms with Crippen LogP contribution in [0.2, 0.25) is 0 Å². The van der Waals surface area contributed by atoms with Gasteiger partial charge in [0.25, 0.3) is 0 Å². The van der Waals surface area contributed by atoms with E-state index in [2.05, 4.69) is 31.0 Å². The fraction of sp³-hybridized carbons (Fsp3) is 0.643. The Morgan fingerprint density at radius 2 is 2.35 bits per heavy atom. The van der Waals surface area contributed by atoms with Crippen molar-refractivity contribution in [2.75, 3.05) is 13.2 Å². The van der Waals surface area contributed by atoms with Gasteiger partial charge in [0.05, 0.1) is 0 Å². The number of pyridine rings is 1. The minimum absolute atomic E-state index is 0.198. The molecule has 1 aromatic heterocycles. The highest BCUT2D eigenvalue weighted by atomic mass is 16.5. The Labute approximate surface area is 103 Å². The monoisotopic (exact) mass is 234 g/mol. The average Bonchev–Trinajstić information content (AvgIpc) is 2.32. The second-order valence-electron chi connectivity index (χ2n) is 5.20. The maximum atomic E-state index is 6.31. The molecule has 3 atom stereocenters. The van der Waals surface area contributed by atoms with E-state index >= 15 is 0 Å². The van der Waals surface area contributed by atoms with Crippen molar-refractivity contribution in [3.63, 3.8) is 0 Å². The van der Waals surface area contributed by atoms with Crippen LogP contribution in [0.3, 0.4) is 0 Å². The third-order valence-corrected chi connectivity index (χ3v) is 3.67. The summed E-state index contributed by atoms with van der Waals surface area (Å²) in [5, 5.41) is 0. The molecule has 3 unspecified atom stereocenters. The largest absolute Gasteiger partial charge is 0.381 e. The van der Waals surface area contributed by atoms with E-state index < -0.39 is 0 Å². The van der Waals surface area contributed by atoms with Crippen molar-refractivity contribution < 1.29 is 4.74 Å². The van der Waals surface area contributed by atoms with Gasteiger partial charge in [-0.15, -0.1) is 0 Å². The summed E-state index contributed by atoms with van der Waals surface area (Å²) in [7, 11) is 0. The van der Waals surface area contributed by atoms with E-state index in [0.717, 1.165) is 31.7 Å². The molecule has 0 radical (unpaired) electrons. The molecule has 0 bridgehead atoms.